The topological polar surface area (TPSA) is 12.0 Å². The highest BCUT2D eigenvalue weighted by Crippen LogP contribution is 2.17. The largest absolute Gasteiger partial charge is 0.307 e. The quantitative estimate of drug-likeness (QED) is 0.812. The first-order valence-electron chi connectivity index (χ1n) is 5.22. The van der Waals surface area contributed by atoms with Crippen LogP contribution in [0.25, 0.3) is 0 Å². The summed E-state index contributed by atoms with van der Waals surface area (Å²) in [6.45, 7) is 7.34. The summed E-state index contributed by atoms with van der Waals surface area (Å²) in [5, 5.41) is 3.46. The van der Waals surface area contributed by atoms with Crippen molar-refractivity contribution in [1.82, 2.24) is 5.32 Å². The van der Waals surface area contributed by atoms with Gasteiger partial charge in [-0.3, -0.25) is 0 Å². The third kappa shape index (κ3) is 4.63. The van der Waals surface area contributed by atoms with Gasteiger partial charge < -0.3 is 5.32 Å². The summed E-state index contributed by atoms with van der Waals surface area (Å²) in [7, 11) is 0. The maximum absolute atomic E-state index is 3.48. The van der Waals surface area contributed by atoms with E-state index in [0.717, 1.165) is 11.0 Å². The van der Waals surface area contributed by atoms with Crippen LogP contribution < -0.4 is 5.32 Å². The minimum absolute atomic E-state index is 0.387. The fraction of sp³-hybridized carbons (Fsp3) is 0.385. The molecule has 0 aromatic heterocycles. The number of allylic oxidation sites excluding steroid dienone is 1. The van der Waals surface area contributed by atoms with Crippen LogP contribution in [0.15, 0.2) is 40.4 Å². The highest BCUT2D eigenvalue weighted by Gasteiger charge is 2.03. The van der Waals surface area contributed by atoms with Crippen LogP contribution in [0.3, 0.4) is 0 Å². The van der Waals surface area contributed by atoms with Gasteiger partial charge in [-0.2, -0.15) is 0 Å². The van der Waals surface area contributed by atoms with E-state index in [0.29, 0.717) is 6.04 Å². The van der Waals surface area contributed by atoms with Gasteiger partial charge in [-0.1, -0.05) is 39.7 Å². The van der Waals surface area contributed by atoms with Crippen LogP contribution in [-0.2, 0) is 0 Å². The van der Waals surface area contributed by atoms with Crippen molar-refractivity contribution in [3.8, 4) is 0 Å². The molecule has 0 fully saturated rings. The fourth-order valence-corrected chi connectivity index (χ4v) is 1.75. The standard InChI is InChI=1S/C13H18BrN/c1-10(2)7-8-15-11(3)12-5-4-6-13(14)9-12/h4-7,9,11,15H,8H2,1-3H3. The van der Waals surface area contributed by atoms with E-state index in [1.54, 1.807) is 0 Å². The molecule has 82 valence electrons. The predicted molar refractivity (Wildman–Crippen MR) is 70.0 cm³/mol. The van der Waals surface area contributed by atoms with Crippen LogP contribution in [0.2, 0.25) is 0 Å². The molecular weight excluding hydrogens is 250 g/mol. The molecule has 1 N–H and O–H groups in total. The summed E-state index contributed by atoms with van der Waals surface area (Å²) in [4.78, 5) is 0. The van der Waals surface area contributed by atoms with E-state index in [2.05, 4.69) is 66.3 Å². The first-order chi connectivity index (χ1) is 7.09. The Morgan fingerprint density at radius 2 is 2.20 bits per heavy atom. The number of halogens is 1. The second-order valence-electron chi connectivity index (χ2n) is 3.97. The summed E-state index contributed by atoms with van der Waals surface area (Å²) < 4.78 is 1.14. The molecule has 0 aliphatic heterocycles. The minimum Gasteiger partial charge on any atom is -0.307 e. The summed E-state index contributed by atoms with van der Waals surface area (Å²) in [5.41, 5.74) is 2.66. The average molecular weight is 268 g/mol. The SMILES string of the molecule is CC(C)=CCNC(C)c1cccc(Br)c1. The van der Waals surface area contributed by atoms with Gasteiger partial charge in [0.15, 0.2) is 0 Å². The minimum atomic E-state index is 0.387. The second-order valence-corrected chi connectivity index (χ2v) is 4.88. The third-order valence-electron chi connectivity index (χ3n) is 2.28. The van der Waals surface area contributed by atoms with Gasteiger partial charge in [0.05, 0.1) is 0 Å². The molecule has 0 radical (unpaired) electrons. The van der Waals surface area contributed by atoms with E-state index in [1.807, 2.05) is 6.07 Å². The van der Waals surface area contributed by atoms with Crippen LogP contribution in [0, 0.1) is 0 Å². The summed E-state index contributed by atoms with van der Waals surface area (Å²) in [6.07, 6.45) is 2.20. The van der Waals surface area contributed by atoms with Gasteiger partial charge in [-0.25, -0.2) is 0 Å². The molecule has 0 bridgehead atoms. The molecule has 0 saturated heterocycles. The van der Waals surface area contributed by atoms with Gasteiger partial charge in [-0.05, 0) is 38.5 Å². The molecule has 0 saturated carbocycles. The van der Waals surface area contributed by atoms with Crippen LogP contribution in [-0.4, -0.2) is 6.54 Å². The molecule has 1 nitrogen and oxygen atoms in total. The molecule has 1 rings (SSSR count). The van der Waals surface area contributed by atoms with E-state index < -0.39 is 0 Å². The lowest BCUT2D eigenvalue weighted by Crippen LogP contribution is -2.18. The molecule has 1 aromatic carbocycles. The Hall–Kier alpha value is -0.600. The molecule has 0 spiro atoms. The molecular formula is C13H18BrN. The molecule has 15 heavy (non-hydrogen) atoms. The van der Waals surface area contributed by atoms with Crippen molar-refractivity contribution in [3.63, 3.8) is 0 Å². The van der Waals surface area contributed by atoms with Crippen molar-refractivity contribution < 1.29 is 0 Å². The third-order valence-corrected chi connectivity index (χ3v) is 2.78. The Bertz CT molecular complexity index is 340. The van der Waals surface area contributed by atoms with Crippen molar-refractivity contribution in [2.45, 2.75) is 26.8 Å². The average Bonchev–Trinajstić information content (AvgIpc) is 2.17. The number of hydrogen-bond acceptors (Lipinski definition) is 1. The Morgan fingerprint density at radius 1 is 1.47 bits per heavy atom. The smallest absolute Gasteiger partial charge is 0.0295 e. The van der Waals surface area contributed by atoms with E-state index in [1.165, 1.54) is 11.1 Å². The van der Waals surface area contributed by atoms with E-state index >= 15 is 0 Å². The van der Waals surface area contributed by atoms with Crippen molar-refractivity contribution >= 4 is 15.9 Å². The molecule has 1 unspecified atom stereocenters. The molecule has 0 aliphatic rings. The van der Waals surface area contributed by atoms with Gasteiger partial charge in [0.2, 0.25) is 0 Å². The van der Waals surface area contributed by atoms with E-state index in [4.69, 9.17) is 0 Å². The molecule has 0 amide bonds. The zero-order valence-electron chi connectivity index (χ0n) is 9.55. The van der Waals surface area contributed by atoms with Crippen LogP contribution in [0.5, 0.6) is 0 Å². The Kier molecular flexibility index (Phi) is 5.06. The Morgan fingerprint density at radius 3 is 2.80 bits per heavy atom. The lowest BCUT2D eigenvalue weighted by atomic mass is 10.1. The van der Waals surface area contributed by atoms with E-state index in [-0.39, 0.29) is 0 Å². The van der Waals surface area contributed by atoms with Crippen molar-refractivity contribution in [1.29, 1.82) is 0 Å². The van der Waals surface area contributed by atoms with Crippen molar-refractivity contribution in [3.05, 3.63) is 46.0 Å². The van der Waals surface area contributed by atoms with Crippen LogP contribution in [0.1, 0.15) is 32.4 Å². The van der Waals surface area contributed by atoms with E-state index in [9.17, 15) is 0 Å². The summed E-state index contributed by atoms with van der Waals surface area (Å²) >= 11 is 3.48. The fourth-order valence-electron chi connectivity index (χ4n) is 1.33. The number of rotatable bonds is 4. The zero-order valence-corrected chi connectivity index (χ0v) is 11.1. The molecule has 2 heteroatoms. The van der Waals surface area contributed by atoms with Gasteiger partial charge in [0, 0.05) is 17.1 Å². The number of nitrogens with one attached hydrogen (secondary N) is 1. The molecule has 1 aromatic rings. The van der Waals surface area contributed by atoms with Crippen molar-refractivity contribution in [2.24, 2.45) is 0 Å². The molecule has 1 atom stereocenters. The monoisotopic (exact) mass is 267 g/mol. The number of benzene rings is 1. The molecule has 0 aliphatic carbocycles. The van der Waals surface area contributed by atoms with Gasteiger partial charge in [-0.15, -0.1) is 0 Å². The zero-order chi connectivity index (χ0) is 11.3. The number of hydrogen-bond donors (Lipinski definition) is 1. The predicted octanol–water partition coefficient (Wildman–Crippen LogP) is 4.07. The van der Waals surface area contributed by atoms with Crippen LogP contribution >= 0.6 is 15.9 Å². The van der Waals surface area contributed by atoms with Crippen LogP contribution in [0.4, 0.5) is 0 Å². The first kappa shape index (κ1) is 12.5. The Labute approximate surface area is 101 Å². The summed E-state index contributed by atoms with van der Waals surface area (Å²) in [6, 6.07) is 8.80. The Balaban J connectivity index is 2.54. The molecule has 0 heterocycles. The van der Waals surface area contributed by atoms with Gasteiger partial charge in [0.1, 0.15) is 0 Å². The normalized spacial score (nSPS) is 12.3. The maximum atomic E-state index is 3.48. The summed E-state index contributed by atoms with van der Waals surface area (Å²) in [5.74, 6) is 0. The van der Waals surface area contributed by atoms with Gasteiger partial charge in [0.25, 0.3) is 0 Å². The second kappa shape index (κ2) is 6.09. The highest BCUT2D eigenvalue weighted by atomic mass is 79.9. The maximum Gasteiger partial charge on any atom is 0.0295 e. The lowest BCUT2D eigenvalue weighted by molar-refractivity contribution is 0.616. The highest BCUT2D eigenvalue weighted by molar-refractivity contribution is 9.10. The first-order valence-corrected chi connectivity index (χ1v) is 6.01. The van der Waals surface area contributed by atoms with Crippen molar-refractivity contribution in [2.75, 3.05) is 6.54 Å². The van der Waals surface area contributed by atoms with Gasteiger partial charge >= 0.3 is 0 Å². The lowest BCUT2D eigenvalue weighted by Gasteiger charge is -2.13.